The lowest BCUT2D eigenvalue weighted by Crippen LogP contribution is -2.25. The van der Waals surface area contributed by atoms with Gasteiger partial charge in [0.05, 0.1) is 5.71 Å². The highest BCUT2D eigenvalue weighted by Crippen LogP contribution is 2.13. The van der Waals surface area contributed by atoms with Gasteiger partial charge in [-0.15, -0.1) is 0 Å². The second-order valence-electron chi connectivity index (χ2n) is 2.90. The zero-order chi connectivity index (χ0) is 11.3. The van der Waals surface area contributed by atoms with Crippen LogP contribution in [0.15, 0.2) is 33.8 Å². The second kappa shape index (κ2) is 5.50. The van der Waals surface area contributed by atoms with Crippen LogP contribution in [-0.2, 0) is 0 Å². The van der Waals surface area contributed by atoms with Crippen LogP contribution in [-0.4, -0.2) is 11.7 Å². The number of hydrogen-bond acceptors (Lipinski definition) is 2. The topological polar surface area (TPSA) is 67.5 Å². The quantitative estimate of drug-likeness (QED) is 0.641. The number of primary amides is 1. The van der Waals surface area contributed by atoms with E-state index < -0.39 is 6.03 Å². The standard InChI is InChI=1S/C10H12BrN3O/c1-2-9(13-14-10(12)15)7-4-3-5-8(11)6-7/h3-6H,2H2,1H3,(H3,12,14,15)/b13-9+. The van der Waals surface area contributed by atoms with Gasteiger partial charge in [0.2, 0.25) is 0 Å². The average molecular weight is 270 g/mol. The van der Waals surface area contributed by atoms with E-state index in [4.69, 9.17) is 5.73 Å². The van der Waals surface area contributed by atoms with Gasteiger partial charge < -0.3 is 5.73 Å². The molecule has 1 rings (SSSR count). The van der Waals surface area contributed by atoms with Gasteiger partial charge in [0.15, 0.2) is 0 Å². The molecule has 4 nitrogen and oxygen atoms in total. The Morgan fingerprint density at radius 3 is 2.87 bits per heavy atom. The minimum absolute atomic E-state index is 0.657. The molecule has 0 fully saturated rings. The van der Waals surface area contributed by atoms with E-state index in [9.17, 15) is 4.79 Å². The summed E-state index contributed by atoms with van der Waals surface area (Å²) < 4.78 is 0.972. The molecule has 0 saturated heterocycles. The fraction of sp³-hybridized carbons (Fsp3) is 0.200. The largest absolute Gasteiger partial charge is 0.350 e. The van der Waals surface area contributed by atoms with Gasteiger partial charge in [-0.05, 0) is 24.1 Å². The highest BCUT2D eigenvalue weighted by atomic mass is 79.9. The monoisotopic (exact) mass is 269 g/mol. The fourth-order valence-corrected chi connectivity index (χ4v) is 1.54. The Morgan fingerprint density at radius 1 is 1.60 bits per heavy atom. The lowest BCUT2D eigenvalue weighted by atomic mass is 10.1. The summed E-state index contributed by atoms with van der Waals surface area (Å²) in [6.07, 6.45) is 0.719. The first-order valence-electron chi connectivity index (χ1n) is 4.51. The number of amides is 2. The summed E-state index contributed by atoms with van der Waals surface area (Å²) in [6.45, 7) is 1.96. The van der Waals surface area contributed by atoms with Gasteiger partial charge in [-0.2, -0.15) is 5.10 Å². The molecule has 0 aliphatic carbocycles. The van der Waals surface area contributed by atoms with E-state index >= 15 is 0 Å². The van der Waals surface area contributed by atoms with Crippen molar-refractivity contribution in [2.75, 3.05) is 0 Å². The maximum atomic E-state index is 10.5. The van der Waals surface area contributed by atoms with Crippen molar-refractivity contribution in [2.24, 2.45) is 10.8 Å². The van der Waals surface area contributed by atoms with Crippen LogP contribution in [0, 0.1) is 0 Å². The zero-order valence-corrected chi connectivity index (χ0v) is 9.91. The molecule has 1 aromatic carbocycles. The molecule has 5 heteroatoms. The Labute approximate surface area is 96.7 Å². The first kappa shape index (κ1) is 11.7. The van der Waals surface area contributed by atoms with Gasteiger partial charge in [0.1, 0.15) is 0 Å². The van der Waals surface area contributed by atoms with E-state index in [1.54, 1.807) is 0 Å². The number of urea groups is 1. The maximum absolute atomic E-state index is 10.5. The van der Waals surface area contributed by atoms with Crippen molar-refractivity contribution >= 4 is 27.7 Å². The van der Waals surface area contributed by atoms with Crippen LogP contribution in [0.1, 0.15) is 18.9 Å². The van der Waals surface area contributed by atoms with Crippen molar-refractivity contribution in [3.05, 3.63) is 34.3 Å². The number of carbonyl (C=O) groups is 1. The van der Waals surface area contributed by atoms with E-state index in [0.29, 0.717) is 0 Å². The number of hydrazone groups is 1. The van der Waals surface area contributed by atoms with Crippen LogP contribution >= 0.6 is 15.9 Å². The number of nitrogens with zero attached hydrogens (tertiary/aromatic N) is 1. The first-order chi connectivity index (χ1) is 7.13. The van der Waals surface area contributed by atoms with Crippen LogP contribution < -0.4 is 11.2 Å². The normalized spacial score (nSPS) is 11.2. The maximum Gasteiger partial charge on any atom is 0.332 e. The molecule has 0 atom stereocenters. The molecule has 0 spiro atoms. The van der Waals surface area contributed by atoms with Gasteiger partial charge in [-0.25, -0.2) is 10.2 Å². The average Bonchev–Trinajstić information content (AvgIpc) is 2.18. The number of carbonyl (C=O) groups excluding carboxylic acids is 1. The third-order valence-corrected chi connectivity index (χ3v) is 2.29. The van der Waals surface area contributed by atoms with Crippen LogP contribution in [0.25, 0.3) is 0 Å². The third-order valence-electron chi connectivity index (χ3n) is 1.79. The van der Waals surface area contributed by atoms with Crippen molar-refractivity contribution in [3.8, 4) is 0 Å². The SMILES string of the molecule is CC/C(=N\NC(N)=O)c1cccc(Br)c1. The molecular weight excluding hydrogens is 258 g/mol. The summed E-state index contributed by atoms with van der Waals surface area (Å²) in [5, 5.41) is 3.92. The predicted molar refractivity (Wildman–Crippen MR) is 63.7 cm³/mol. The number of rotatable bonds is 3. The lowest BCUT2D eigenvalue weighted by Gasteiger charge is -2.04. The van der Waals surface area contributed by atoms with Crippen molar-refractivity contribution in [3.63, 3.8) is 0 Å². The van der Waals surface area contributed by atoms with Crippen molar-refractivity contribution in [1.29, 1.82) is 0 Å². The molecule has 0 saturated carbocycles. The van der Waals surface area contributed by atoms with Gasteiger partial charge in [-0.3, -0.25) is 0 Å². The van der Waals surface area contributed by atoms with Crippen molar-refractivity contribution in [2.45, 2.75) is 13.3 Å². The minimum atomic E-state index is -0.657. The molecule has 15 heavy (non-hydrogen) atoms. The van der Waals surface area contributed by atoms with Gasteiger partial charge in [0, 0.05) is 4.47 Å². The smallest absolute Gasteiger partial charge is 0.332 e. The fourth-order valence-electron chi connectivity index (χ4n) is 1.14. The molecule has 80 valence electrons. The molecule has 0 radical (unpaired) electrons. The Kier molecular flexibility index (Phi) is 4.30. The molecule has 1 aromatic rings. The molecule has 0 heterocycles. The van der Waals surface area contributed by atoms with Crippen LogP contribution in [0.4, 0.5) is 4.79 Å². The second-order valence-corrected chi connectivity index (χ2v) is 3.81. The molecule has 0 aliphatic heterocycles. The van der Waals surface area contributed by atoms with E-state index in [2.05, 4.69) is 26.5 Å². The van der Waals surface area contributed by atoms with E-state index in [1.165, 1.54) is 0 Å². The Hall–Kier alpha value is -1.36. The van der Waals surface area contributed by atoms with Crippen molar-refractivity contribution in [1.82, 2.24) is 5.43 Å². The van der Waals surface area contributed by atoms with Gasteiger partial charge in [-0.1, -0.05) is 35.0 Å². The van der Waals surface area contributed by atoms with Crippen LogP contribution in [0.5, 0.6) is 0 Å². The molecule has 0 bridgehead atoms. The van der Waals surface area contributed by atoms with Gasteiger partial charge in [0.25, 0.3) is 0 Å². The van der Waals surface area contributed by atoms with Crippen LogP contribution in [0.2, 0.25) is 0 Å². The number of benzene rings is 1. The Bertz CT molecular complexity index is 390. The molecule has 0 aromatic heterocycles. The van der Waals surface area contributed by atoms with E-state index in [0.717, 1.165) is 22.2 Å². The highest BCUT2D eigenvalue weighted by molar-refractivity contribution is 9.10. The molecule has 0 unspecified atom stereocenters. The molecular formula is C10H12BrN3O. The van der Waals surface area contributed by atoms with Crippen LogP contribution in [0.3, 0.4) is 0 Å². The number of hydrogen-bond donors (Lipinski definition) is 2. The summed E-state index contributed by atoms with van der Waals surface area (Å²) in [5.74, 6) is 0. The number of halogens is 1. The Morgan fingerprint density at radius 2 is 2.33 bits per heavy atom. The summed E-state index contributed by atoms with van der Waals surface area (Å²) >= 11 is 3.37. The summed E-state index contributed by atoms with van der Waals surface area (Å²) in [7, 11) is 0. The highest BCUT2D eigenvalue weighted by Gasteiger charge is 2.02. The summed E-state index contributed by atoms with van der Waals surface area (Å²) in [5.41, 5.74) is 8.91. The molecule has 0 aliphatic rings. The van der Waals surface area contributed by atoms with E-state index in [1.807, 2.05) is 31.2 Å². The number of nitrogens with one attached hydrogen (secondary N) is 1. The number of nitrogens with two attached hydrogens (primary N) is 1. The predicted octanol–water partition coefficient (Wildman–Crippen LogP) is 2.23. The summed E-state index contributed by atoms with van der Waals surface area (Å²) in [6, 6.07) is 7.05. The summed E-state index contributed by atoms with van der Waals surface area (Å²) in [4.78, 5) is 10.5. The zero-order valence-electron chi connectivity index (χ0n) is 8.33. The molecule has 2 amide bonds. The van der Waals surface area contributed by atoms with Gasteiger partial charge >= 0.3 is 6.03 Å². The van der Waals surface area contributed by atoms with Crippen molar-refractivity contribution < 1.29 is 4.79 Å². The minimum Gasteiger partial charge on any atom is -0.350 e. The first-order valence-corrected chi connectivity index (χ1v) is 5.30. The van der Waals surface area contributed by atoms with E-state index in [-0.39, 0.29) is 0 Å². The lowest BCUT2D eigenvalue weighted by molar-refractivity contribution is 0.249. The Balaban J connectivity index is 2.92. The third kappa shape index (κ3) is 3.71. The molecule has 3 N–H and O–H groups in total.